The molecule has 1 fully saturated rings. The molecule has 0 spiro atoms. The van der Waals surface area contributed by atoms with Crippen LogP contribution in [0.5, 0.6) is 0 Å². The Morgan fingerprint density at radius 1 is 1.03 bits per heavy atom. The molecule has 1 aliphatic rings. The van der Waals surface area contributed by atoms with Gasteiger partial charge >= 0.3 is 12.1 Å². The van der Waals surface area contributed by atoms with Crippen molar-refractivity contribution in [1.29, 1.82) is 0 Å². The molecule has 32 heavy (non-hydrogen) atoms. The zero-order chi connectivity index (χ0) is 23.5. The first-order chi connectivity index (χ1) is 15.1. The summed E-state index contributed by atoms with van der Waals surface area (Å²) in [5, 5.41) is 22.3. The van der Waals surface area contributed by atoms with Crippen LogP contribution < -0.4 is 4.90 Å². The van der Waals surface area contributed by atoms with E-state index in [1.807, 2.05) is 0 Å². The highest BCUT2D eigenvalue weighted by atomic mass is 19.4. The summed E-state index contributed by atoms with van der Waals surface area (Å²) in [5.41, 5.74) is -1.62. The van der Waals surface area contributed by atoms with Gasteiger partial charge in [0.25, 0.3) is 11.4 Å². The summed E-state index contributed by atoms with van der Waals surface area (Å²) in [7, 11) is 0. The molecule has 0 unspecified atom stereocenters. The van der Waals surface area contributed by atoms with Crippen LogP contribution in [0, 0.1) is 26.1 Å². The number of hydrogen-bond donors (Lipinski definition) is 0. The van der Waals surface area contributed by atoms with Crippen molar-refractivity contribution in [3.63, 3.8) is 0 Å². The number of esters is 1. The molecule has 0 radical (unpaired) electrons. The fourth-order valence-electron chi connectivity index (χ4n) is 3.55. The average Bonchev–Trinajstić information content (AvgIpc) is 2.76. The molecule has 1 saturated heterocycles. The Kier molecular flexibility index (Phi) is 6.61. The fraction of sp³-hybridized carbons (Fsp3) is 0.350. The molecular formula is C20H18F3N3O6. The maximum atomic E-state index is 12.9. The number of rotatable bonds is 6. The van der Waals surface area contributed by atoms with Gasteiger partial charge in [-0.2, -0.15) is 13.2 Å². The molecule has 0 saturated carbocycles. The molecule has 170 valence electrons. The maximum Gasteiger partial charge on any atom is 0.416 e. The van der Waals surface area contributed by atoms with E-state index < -0.39 is 39.2 Å². The number of nitrogens with zero attached hydrogens (tertiary/aromatic N) is 3. The van der Waals surface area contributed by atoms with E-state index in [4.69, 9.17) is 4.74 Å². The number of nitro groups is 2. The van der Waals surface area contributed by atoms with Gasteiger partial charge in [0.2, 0.25) is 0 Å². The van der Waals surface area contributed by atoms with Gasteiger partial charge in [-0.1, -0.05) is 12.1 Å². The Bertz CT molecular complexity index is 1040. The molecule has 0 atom stereocenters. The third-order valence-corrected chi connectivity index (χ3v) is 5.23. The first-order valence-electron chi connectivity index (χ1n) is 9.57. The molecular weight excluding hydrogens is 435 g/mol. The number of para-hydroxylation sites is 1. The molecule has 2 aromatic rings. The van der Waals surface area contributed by atoms with Crippen LogP contribution in [-0.2, 0) is 22.3 Å². The topological polar surface area (TPSA) is 116 Å². The highest BCUT2D eigenvalue weighted by Gasteiger charge is 2.35. The van der Waals surface area contributed by atoms with Crippen LogP contribution in [0.15, 0.2) is 42.5 Å². The van der Waals surface area contributed by atoms with Crippen molar-refractivity contribution >= 4 is 23.0 Å². The number of piperidine rings is 1. The van der Waals surface area contributed by atoms with E-state index in [-0.39, 0.29) is 49.5 Å². The van der Waals surface area contributed by atoms with Gasteiger partial charge in [-0.25, -0.2) is 0 Å². The molecule has 2 aromatic carbocycles. The largest absolute Gasteiger partial charge is 0.460 e. The van der Waals surface area contributed by atoms with Gasteiger partial charge in [-0.05, 0) is 31.0 Å². The molecule has 1 heterocycles. The molecule has 3 rings (SSSR count). The number of nitro benzene ring substituents is 2. The minimum atomic E-state index is -4.70. The Labute approximate surface area is 179 Å². The summed E-state index contributed by atoms with van der Waals surface area (Å²) >= 11 is 0. The first kappa shape index (κ1) is 23.0. The summed E-state index contributed by atoms with van der Waals surface area (Å²) < 4.78 is 43.9. The third kappa shape index (κ3) is 5.13. The van der Waals surface area contributed by atoms with Crippen molar-refractivity contribution < 1.29 is 32.5 Å². The highest BCUT2D eigenvalue weighted by Crippen LogP contribution is 2.37. The van der Waals surface area contributed by atoms with Crippen molar-refractivity contribution in [2.75, 3.05) is 18.0 Å². The number of carbonyl (C=O) groups excluding carboxylic acids is 1. The second-order valence-electron chi connectivity index (χ2n) is 7.21. The lowest BCUT2D eigenvalue weighted by molar-refractivity contribution is -0.385. The number of alkyl halides is 3. The van der Waals surface area contributed by atoms with Crippen molar-refractivity contribution in [3.8, 4) is 0 Å². The second kappa shape index (κ2) is 9.20. The zero-order valence-electron chi connectivity index (χ0n) is 16.6. The fourth-order valence-corrected chi connectivity index (χ4v) is 3.55. The number of anilines is 1. The zero-order valence-corrected chi connectivity index (χ0v) is 16.6. The standard InChI is InChI=1S/C20H18F3N3O6/c21-20(22,23)15-5-6-17(18(11-15)26(30)31)24-9-7-13(8-10-24)19(27)32-12-14-3-1-2-4-16(14)25(28)29/h1-6,11,13H,7-10,12H2. The Balaban J connectivity index is 1.63. The van der Waals surface area contributed by atoms with E-state index in [0.29, 0.717) is 6.07 Å². The second-order valence-corrected chi connectivity index (χ2v) is 7.21. The lowest BCUT2D eigenvalue weighted by atomic mass is 9.96. The van der Waals surface area contributed by atoms with E-state index >= 15 is 0 Å². The Morgan fingerprint density at radius 2 is 1.66 bits per heavy atom. The molecule has 0 amide bonds. The van der Waals surface area contributed by atoms with Crippen LogP contribution in [0.2, 0.25) is 0 Å². The van der Waals surface area contributed by atoms with Gasteiger partial charge in [0, 0.05) is 25.2 Å². The molecule has 1 aliphatic heterocycles. The van der Waals surface area contributed by atoms with Crippen LogP contribution in [0.3, 0.4) is 0 Å². The lowest BCUT2D eigenvalue weighted by Crippen LogP contribution is -2.37. The predicted octanol–water partition coefficient (Wildman–Crippen LogP) is 4.48. The van der Waals surface area contributed by atoms with Crippen LogP contribution >= 0.6 is 0 Å². The van der Waals surface area contributed by atoms with Crippen molar-refractivity contribution in [2.45, 2.75) is 25.6 Å². The van der Waals surface area contributed by atoms with Gasteiger partial charge < -0.3 is 9.64 Å². The van der Waals surface area contributed by atoms with Gasteiger partial charge in [-0.15, -0.1) is 0 Å². The summed E-state index contributed by atoms with van der Waals surface area (Å²) in [6.45, 7) is 0.148. The summed E-state index contributed by atoms with van der Waals surface area (Å²) in [6.07, 6.45) is -4.16. The maximum absolute atomic E-state index is 12.9. The molecule has 12 heteroatoms. The first-order valence-corrected chi connectivity index (χ1v) is 9.57. The van der Waals surface area contributed by atoms with Crippen LogP contribution in [0.4, 0.5) is 30.2 Å². The van der Waals surface area contributed by atoms with E-state index in [1.165, 1.54) is 18.2 Å². The summed E-state index contributed by atoms with van der Waals surface area (Å²) in [4.78, 5) is 34.8. The Hall–Kier alpha value is -3.70. The number of benzene rings is 2. The normalized spacial score (nSPS) is 14.8. The minimum Gasteiger partial charge on any atom is -0.460 e. The number of carbonyl (C=O) groups is 1. The quantitative estimate of drug-likeness (QED) is 0.360. The number of halogens is 3. The van der Waals surface area contributed by atoms with Crippen molar-refractivity contribution in [2.24, 2.45) is 5.92 Å². The van der Waals surface area contributed by atoms with Crippen LogP contribution in [0.25, 0.3) is 0 Å². The van der Waals surface area contributed by atoms with Gasteiger partial charge in [0.15, 0.2) is 0 Å². The average molecular weight is 453 g/mol. The summed E-state index contributed by atoms with van der Waals surface area (Å²) in [5.74, 6) is -1.08. The summed E-state index contributed by atoms with van der Waals surface area (Å²) in [6, 6.07) is 8.23. The highest BCUT2D eigenvalue weighted by molar-refractivity contribution is 5.73. The van der Waals surface area contributed by atoms with E-state index in [9.17, 15) is 38.2 Å². The Morgan fingerprint density at radius 3 is 2.25 bits per heavy atom. The monoisotopic (exact) mass is 453 g/mol. The molecule has 0 N–H and O–H groups in total. The van der Waals surface area contributed by atoms with Crippen LogP contribution in [-0.4, -0.2) is 28.9 Å². The van der Waals surface area contributed by atoms with Crippen LogP contribution in [0.1, 0.15) is 24.0 Å². The molecule has 0 aliphatic carbocycles. The smallest absolute Gasteiger partial charge is 0.416 e. The van der Waals surface area contributed by atoms with Gasteiger partial charge in [-0.3, -0.25) is 25.0 Å². The van der Waals surface area contributed by atoms with Gasteiger partial charge in [0.05, 0.1) is 26.9 Å². The van der Waals surface area contributed by atoms with E-state index in [2.05, 4.69) is 0 Å². The predicted molar refractivity (Wildman–Crippen MR) is 106 cm³/mol. The molecule has 0 aromatic heterocycles. The van der Waals surface area contributed by atoms with Crippen molar-refractivity contribution in [1.82, 2.24) is 0 Å². The minimum absolute atomic E-state index is 0.0507. The van der Waals surface area contributed by atoms with E-state index in [0.717, 1.165) is 12.1 Å². The van der Waals surface area contributed by atoms with E-state index in [1.54, 1.807) is 11.0 Å². The molecule has 9 nitrogen and oxygen atoms in total. The lowest BCUT2D eigenvalue weighted by Gasteiger charge is -2.32. The third-order valence-electron chi connectivity index (χ3n) is 5.23. The molecule has 0 bridgehead atoms. The van der Waals surface area contributed by atoms with Crippen molar-refractivity contribution in [3.05, 3.63) is 73.8 Å². The van der Waals surface area contributed by atoms with Gasteiger partial charge in [0.1, 0.15) is 12.3 Å². The number of ether oxygens (including phenoxy) is 1. The number of hydrogen-bond acceptors (Lipinski definition) is 7. The SMILES string of the molecule is O=C(OCc1ccccc1[N+](=O)[O-])C1CCN(c2ccc(C(F)(F)F)cc2[N+](=O)[O-])CC1.